The van der Waals surface area contributed by atoms with Crippen molar-refractivity contribution in [2.24, 2.45) is 5.73 Å². The molecule has 1 aliphatic heterocycles. The molecule has 0 saturated carbocycles. The van der Waals surface area contributed by atoms with Gasteiger partial charge in [-0.1, -0.05) is 11.6 Å². The van der Waals surface area contributed by atoms with Gasteiger partial charge in [0, 0.05) is 18.0 Å². The molecule has 0 fully saturated rings. The zero-order valence-electron chi connectivity index (χ0n) is 12.2. The van der Waals surface area contributed by atoms with Crippen LogP contribution >= 0.6 is 46.7 Å². The second-order valence-electron chi connectivity index (χ2n) is 5.12. The van der Waals surface area contributed by atoms with Crippen molar-refractivity contribution in [3.8, 4) is 0 Å². The van der Waals surface area contributed by atoms with E-state index in [2.05, 4.69) is 10.2 Å². The molecular formula is C14H15Cl2N3O2S2. The number of nitrogens with two attached hydrogens (primary N) is 1. The van der Waals surface area contributed by atoms with E-state index >= 15 is 0 Å². The molecule has 0 radical (unpaired) electrons. The van der Waals surface area contributed by atoms with Crippen molar-refractivity contribution < 1.29 is 9.59 Å². The first-order chi connectivity index (χ1) is 10.5. The number of likely N-dealkylation sites (N-methyl/N-ethyl adjacent to an activating group) is 1. The van der Waals surface area contributed by atoms with Gasteiger partial charge in [0.05, 0.1) is 14.8 Å². The van der Waals surface area contributed by atoms with Gasteiger partial charge in [0.1, 0.15) is 5.00 Å². The minimum absolute atomic E-state index is 0. The fourth-order valence-electron chi connectivity index (χ4n) is 2.48. The van der Waals surface area contributed by atoms with Crippen LogP contribution in [0.25, 0.3) is 0 Å². The normalized spacial score (nSPS) is 14.0. The van der Waals surface area contributed by atoms with Crippen LogP contribution < -0.4 is 11.1 Å². The number of fused-ring (bicyclic) bond motifs is 1. The molecule has 1 aliphatic rings. The van der Waals surface area contributed by atoms with E-state index in [1.807, 2.05) is 7.05 Å². The van der Waals surface area contributed by atoms with Gasteiger partial charge in [0.2, 0.25) is 0 Å². The van der Waals surface area contributed by atoms with Crippen LogP contribution in [0.4, 0.5) is 5.00 Å². The maximum absolute atomic E-state index is 12.3. The molecule has 3 rings (SSSR count). The Labute approximate surface area is 152 Å². The smallest absolute Gasteiger partial charge is 0.266 e. The summed E-state index contributed by atoms with van der Waals surface area (Å²) in [5.41, 5.74) is 6.94. The van der Waals surface area contributed by atoms with Gasteiger partial charge >= 0.3 is 0 Å². The van der Waals surface area contributed by atoms with Crippen molar-refractivity contribution in [2.45, 2.75) is 13.0 Å². The Hall–Kier alpha value is -1.12. The number of anilines is 1. The van der Waals surface area contributed by atoms with Crippen LogP contribution in [0.1, 0.15) is 30.5 Å². The number of carbonyl (C=O) groups is 2. The summed E-state index contributed by atoms with van der Waals surface area (Å²) in [6.07, 6.45) is 0.765. The number of halogens is 2. The third-order valence-corrected chi connectivity index (χ3v) is 5.88. The first-order valence-electron chi connectivity index (χ1n) is 6.65. The third-order valence-electron chi connectivity index (χ3n) is 3.52. The van der Waals surface area contributed by atoms with Crippen molar-refractivity contribution in [2.75, 3.05) is 18.9 Å². The Morgan fingerprint density at radius 1 is 1.35 bits per heavy atom. The van der Waals surface area contributed by atoms with Crippen LogP contribution in [0.2, 0.25) is 4.34 Å². The molecule has 9 heteroatoms. The topological polar surface area (TPSA) is 75.4 Å². The van der Waals surface area contributed by atoms with E-state index in [0.29, 0.717) is 19.8 Å². The molecule has 2 aromatic heterocycles. The number of hydrogen-bond acceptors (Lipinski definition) is 5. The van der Waals surface area contributed by atoms with Crippen LogP contribution in [-0.2, 0) is 13.0 Å². The van der Waals surface area contributed by atoms with E-state index in [0.717, 1.165) is 30.0 Å². The largest absolute Gasteiger partial charge is 0.365 e. The van der Waals surface area contributed by atoms with E-state index in [9.17, 15) is 9.59 Å². The first-order valence-corrected chi connectivity index (χ1v) is 8.66. The molecule has 2 amide bonds. The standard InChI is InChI=1S/C14H14ClN3O2S2.ClH/c1-18-5-4-7-9(6-18)22-14(11(7)12(16)19)17-13(20)8-2-3-10(15)21-8;/h2-3H,4-6H2,1H3,(H2,16,19)(H,17,20);1H. The van der Waals surface area contributed by atoms with E-state index in [1.165, 1.54) is 22.7 Å². The lowest BCUT2D eigenvalue weighted by atomic mass is 10.0. The highest BCUT2D eigenvalue weighted by atomic mass is 35.5. The summed E-state index contributed by atoms with van der Waals surface area (Å²) in [4.78, 5) is 27.8. The SMILES string of the molecule is CN1CCc2c(sc(NC(=O)c3ccc(Cl)s3)c2C(N)=O)C1.Cl. The molecule has 2 aromatic rings. The number of rotatable bonds is 3. The van der Waals surface area contributed by atoms with Gasteiger partial charge in [0.25, 0.3) is 11.8 Å². The molecule has 5 nitrogen and oxygen atoms in total. The van der Waals surface area contributed by atoms with E-state index < -0.39 is 5.91 Å². The summed E-state index contributed by atoms with van der Waals surface area (Å²) >= 11 is 8.47. The van der Waals surface area contributed by atoms with Crippen molar-refractivity contribution >= 4 is 63.5 Å². The Morgan fingerprint density at radius 2 is 2.09 bits per heavy atom. The van der Waals surface area contributed by atoms with Crippen molar-refractivity contribution in [1.29, 1.82) is 0 Å². The second-order valence-corrected chi connectivity index (χ2v) is 7.94. The van der Waals surface area contributed by atoms with Gasteiger partial charge in [-0.2, -0.15) is 0 Å². The highest BCUT2D eigenvalue weighted by molar-refractivity contribution is 7.18. The minimum Gasteiger partial charge on any atom is -0.365 e. The van der Waals surface area contributed by atoms with Crippen molar-refractivity contribution in [1.82, 2.24) is 4.90 Å². The lowest BCUT2D eigenvalue weighted by Crippen LogP contribution is -2.27. The van der Waals surface area contributed by atoms with E-state index in [1.54, 1.807) is 12.1 Å². The third kappa shape index (κ3) is 3.70. The average Bonchev–Trinajstić information content (AvgIpc) is 3.01. The lowest BCUT2D eigenvalue weighted by molar-refractivity contribution is 0.1000. The number of hydrogen-bond donors (Lipinski definition) is 2. The number of nitrogens with one attached hydrogen (secondary N) is 1. The number of nitrogens with zero attached hydrogens (tertiary/aromatic N) is 1. The Morgan fingerprint density at radius 3 is 2.70 bits per heavy atom. The van der Waals surface area contributed by atoms with Gasteiger partial charge in [-0.3, -0.25) is 9.59 Å². The van der Waals surface area contributed by atoms with Crippen LogP contribution in [-0.4, -0.2) is 30.3 Å². The average molecular weight is 392 g/mol. The van der Waals surface area contributed by atoms with Gasteiger partial charge < -0.3 is 16.0 Å². The molecule has 23 heavy (non-hydrogen) atoms. The van der Waals surface area contributed by atoms with Gasteiger partial charge in [-0.05, 0) is 31.2 Å². The molecule has 0 saturated heterocycles. The van der Waals surface area contributed by atoms with Crippen LogP contribution in [0.5, 0.6) is 0 Å². The van der Waals surface area contributed by atoms with Crippen molar-refractivity contribution in [3.63, 3.8) is 0 Å². The molecule has 0 bridgehead atoms. The van der Waals surface area contributed by atoms with Gasteiger partial charge in [0.15, 0.2) is 0 Å². The number of carbonyl (C=O) groups excluding carboxylic acids is 2. The fraction of sp³-hybridized carbons (Fsp3) is 0.286. The molecule has 3 N–H and O–H groups in total. The van der Waals surface area contributed by atoms with Gasteiger partial charge in [-0.15, -0.1) is 35.1 Å². The summed E-state index contributed by atoms with van der Waals surface area (Å²) < 4.78 is 0.548. The fourth-order valence-corrected chi connectivity index (χ4v) is 4.75. The number of thiophene rings is 2. The molecule has 124 valence electrons. The maximum Gasteiger partial charge on any atom is 0.266 e. The number of primary amides is 1. The molecule has 0 aliphatic carbocycles. The van der Waals surface area contributed by atoms with E-state index in [4.69, 9.17) is 17.3 Å². The summed E-state index contributed by atoms with van der Waals surface area (Å²) in [6.45, 7) is 1.64. The second kappa shape index (κ2) is 7.19. The van der Waals surface area contributed by atoms with Crippen LogP contribution in [0, 0.1) is 0 Å². The molecular weight excluding hydrogens is 377 g/mol. The molecule has 0 unspecified atom stereocenters. The predicted octanol–water partition coefficient (Wildman–Crippen LogP) is 3.22. The first kappa shape index (κ1) is 18.2. The van der Waals surface area contributed by atoms with Crippen LogP contribution in [0.3, 0.4) is 0 Å². The van der Waals surface area contributed by atoms with Crippen molar-refractivity contribution in [3.05, 3.63) is 37.4 Å². The minimum atomic E-state index is -0.499. The zero-order chi connectivity index (χ0) is 15.9. The Kier molecular flexibility index (Phi) is 5.70. The van der Waals surface area contributed by atoms with Crippen LogP contribution in [0.15, 0.2) is 12.1 Å². The van der Waals surface area contributed by atoms with E-state index in [-0.39, 0.29) is 18.3 Å². The summed E-state index contributed by atoms with van der Waals surface area (Å²) in [7, 11) is 2.03. The summed E-state index contributed by atoms with van der Waals surface area (Å²) in [5, 5.41) is 3.34. The highest BCUT2D eigenvalue weighted by Crippen LogP contribution is 2.37. The predicted molar refractivity (Wildman–Crippen MR) is 97.4 cm³/mol. The monoisotopic (exact) mass is 391 g/mol. The Balaban J connectivity index is 0.00000192. The summed E-state index contributed by atoms with van der Waals surface area (Å²) in [5.74, 6) is -0.770. The molecule has 3 heterocycles. The lowest BCUT2D eigenvalue weighted by Gasteiger charge is -2.22. The zero-order valence-corrected chi connectivity index (χ0v) is 15.4. The quantitative estimate of drug-likeness (QED) is 0.842. The summed E-state index contributed by atoms with van der Waals surface area (Å²) in [6, 6.07) is 3.33. The molecule has 0 aromatic carbocycles. The van der Waals surface area contributed by atoms with Gasteiger partial charge in [-0.25, -0.2) is 0 Å². The molecule has 0 spiro atoms. The highest BCUT2D eigenvalue weighted by Gasteiger charge is 2.26. The Bertz CT molecular complexity index is 757. The maximum atomic E-state index is 12.3. The number of amides is 2. The molecule has 0 atom stereocenters.